The lowest BCUT2D eigenvalue weighted by molar-refractivity contribution is 0.136. The van der Waals surface area contributed by atoms with Gasteiger partial charge in [0.25, 0.3) is 0 Å². The molecule has 0 aromatic heterocycles. The number of aliphatic hydroxyl groups is 2. The van der Waals surface area contributed by atoms with Crippen molar-refractivity contribution < 1.29 is 14.9 Å². The molecule has 0 amide bonds. The molecule has 88 valence electrons. The van der Waals surface area contributed by atoms with Crippen LogP contribution in [0.2, 0.25) is 0 Å². The zero-order valence-corrected chi connectivity index (χ0v) is 9.70. The predicted molar refractivity (Wildman–Crippen MR) is 61.6 cm³/mol. The molecule has 2 N–H and O–H groups in total. The molecule has 3 heteroatoms. The second kappa shape index (κ2) is 9.59. The van der Waals surface area contributed by atoms with Gasteiger partial charge < -0.3 is 14.9 Å². The molecule has 15 heavy (non-hydrogen) atoms. The quantitative estimate of drug-likeness (QED) is 0.482. The molecule has 0 heterocycles. The monoisotopic (exact) mass is 214 g/mol. The van der Waals surface area contributed by atoms with Gasteiger partial charge in [-0.2, -0.15) is 0 Å². The van der Waals surface area contributed by atoms with Crippen LogP contribution in [-0.4, -0.2) is 23.4 Å². The molecule has 0 unspecified atom stereocenters. The fraction of sp³-hybridized carbons (Fsp3) is 0.667. The van der Waals surface area contributed by atoms with Crippen LogP contribution >= 0.6 is 0 Å². The van der Waals surface area contributed by atoms with Gasteiger partial charge in [-0.1, -0.05) is 26.7 Å². The van der Waals surface area contributed by atoms with Crippen molar-refractivity contribution in [1.29, 1.82) is 0 Å². The molecule has 0 bridgehead atoms. The SMILES string of the molecule is CCCC=C(O)C(=CCCC)OCCO. The first-order valence-electron chi connectivity index (χ1n) is 5.59. The van der Waals surface area contributed by atoms with E-state index in [0.29, 0.717) is 5.76 Å². The van der Waals surface area contributed by atoms with Crippen molar-refractivity contribution >= 4 is 0 Å². The van der Waals surface area contributed by atoms with Crippen LogP contribution in [0, 0.1) is 0 Å². The molecule has 3 nitrogen and oxygen atoms in total. The van der Waals surface area contributed by atoms with Crippen LogP contribution < -0.4 is 0 Å². The van der Waals surface area contributed by atoms with E-state index in [4.69, 9.17) is 9.84 Å². The molecule has 0 aromatic rings. The minimum Gasteiger partial charge on any atom is -0.504 e. The topological polar surface area (TPSA) is 49.7 Å². The number of ether oxygens (including phenoxy) is 1. The first-order chi connectivity index (χ1) is 7.26. The van der Waals surface area contributed by atoms with Crippen molar-refractivity contribution in [1.82, 2.24) is 0 Å². The van der Waals surface area contributed by atoms with Crippen molar-refractivity contribution in [2.75, 3.05) is 13.2 Å². The molecule has 0 rings (SSSR count). The molecule has 0 spiro atoms. The van der Waals surface area contributed by atoms with Crippen molar-refractivity contribution in [3.8, 4) is 0 Å². The minimum absolute atomic E-state index is 0.0372. The summed E-state index contributed by atoms with van der Waals surface area (Å²) in [6.07, 6.45) is 7.30. The Kier molecular flexibility index (Phi) is 8.98. The highest BCUT2D eigenvalue weighted by Gasteiger charge is 2.03. The van der Waals surface area contributed by atoms with E-state index in [2.05, 4.69) is 6.92 Å². The van der Waals surface area contributed by atoms with Gasteiger partial charge in [0, 0.05) is 0 Å². The summed E-state index contributed by atoms with van der Waals surface area (Å²) in [6, 6.07) is 0. The van der Waals surface area contributed by atoms with E-state index in [0.717, 1.165) is 25.7 Å². The third kappa shape index (κ3) is 7.03. The molecule has 0 aromatic carbocycles. The van der Waals surface area contributed by atoms with Gasteiger partial charge in [0.05, 0.1) is 6.61 Å². The van der Waals surface area contributed by atoms with Crippen molar-refractivity contribution in [3.05, 3.63) is 23.7 Å². The Labute approximate surface area is 92.1 Å². The van der Waals surface area contributed by atoms with Crippen LogP contribution in [0.25, 0.3) is 0 Å². The molecule has 0 atom stereocenters. The summed E-state index contributed by atoms with van der Waals surface area (Å²) in [7, 11) is 0. The van der Waals surface area contributed by atoms with Crippen LogP contribution in [-0.2, 0) is 4.74 Å². The molecular weight excluding hydrogens is 192 g/mol. The fourth-order valence-electron chi connectivity index (χ4n) is 1.05. The first kappa shape index (κ1) is 14.0. The average Bonchev–Trinajstić information content (AvgIpc) is 2.26. The zero-order valence-electron chi connectivity index (χ0n) is 9.70. The van der Waals surface area contributed by atoms with E-state index < -0.39 is 0 Å². The highest BCUT2D eigenvalue weighted by atomic mass is 16.5. The lowest BCUT2D eigenvalue weighted by Crippen LogP contribution is -2.01. The van der Waals surface area contributed by atoms with Crippen LogP contribution in [0.15, 0.2) is 23.7 Å². The molecule has 0 fully saturated rings. The van der Waals surface area contributed by atoms with E-state index in [1.165, 1.54) is 0 Å². The van der Waals surface area contributed by atoms with E-state index in [1.807, 2.05) is 13.0 Å². The lowest BCUT2D eigenvalue weighted by Gasteiger charge is -2.08. The Bertz CT molecular complexity index is 207. The number of hydrogen-bond acceptors (Lipinski definition) is 3. The van der Waals surface area contributed by atoms with Gasteiger partial charge in [-0.3, -0.25) is 0 Å². The van der Waals surface area contributed by atoms with Crippen LogP contribution in [0.1, 0.15) is 39.5 Å². The molecule has 0 aliphatic carbocycles. The molecule has 0 saturated heterocycles. The van der Waals surface area contributed by atoms with Crippen molar-refractivity contribution in [2.24, 2.45) is 0 Å². The molecular formula is C12H22O3. The third-order valence-corrected chi connectivity index (χ3v) is 1.85. The van der Waals surface area contributed by atoms with Crippen molar-refractivity contribution in [2.45, 2.75) is 39.5 Å². The predicted octanol–water partition coefficient (Wildman–Crippen LogP) is 2.92. The first-order valence-corrected chi connectivity index (χ1v) is 5.59. The maximum absolute atomic E-state index is 9.68. The Morgan fingerprint density at radius 3 is 2.27 bits per heavy atom. The van der Waals surface area contributed by atoms with Crippen molar-refractivity contribution in [3.63, 3.8) is 0 Å². The largest absolute Gasteiger partial charge is 0.504 e. The van der Waals surface area contributed by atoms with Gasteiger partial charge in [-0.25, -0.2) is 0 Å². The maximum Gasteiger partial charge on any atom is 0.156 e. The standard InChI is InChI=1S/C12H22O3/c1-3-5-7-11(14)12(8-6-4-2)15-10-9-13/h7-8,13-14H,3-6,9-10H2,1-2H3. The number of hydrogen-bond donors (Lipinski definition) is 2. The van der Waals surface area contributed by atoms with Crippen LogP contribution in [0.4, 0.5) is 0 Å². The van der Waals surface area contributed by atoms with Gasteiger partial charge in [-0.15, -0.1) is 0 Å². The summed E-state index contributed by atoms with van der Waals surface area (Å²) in [5, 5.41) is 18.3. The van der Waals surface area contributed by atoms with Gasteiger partial charge in [0.15, 0.2) is 11.5 Å². The smallest absolute Gasteiger partial charge is 0.156 e. The number of rotatable bonds is 8. The summed E-state index contributed by atoms with van der Waals surface area (Å²) in [5.41, 5.74) is 0. The Hall–Kier alpha value is -0.960. The van der Waals surface area contributed by atoms with Gasteiger partial charge in [0.1, 0.15) is 6.61 Å². The maximum atomic E-state index is 9.68. The summed E-state index contributed by atoms with van der Waals surface area (Å²) in [4.78, 5) is 0. The molecule has 0 aliphatic heterocycles. The molecule has 0 aliphatic rings. The van der Waals surface area contributed by atoms with E-state index >= 15 is 0 Å². The highest BCUT2D eigenvalue weighted by Crippen LogP contribution is 2.11. The van der Waals surface area contributed by atoms with Crippen LogP contribution in [0.5, 0.6) is 0 Å². The Balaban J connectivity index is 4.32. The van der Waals surface area contributed by atoms with E-state index in [1.54, 1.807) is 6.08 Å². The Morgan fingerprint density at radius 2 is 1.73 bits per heavy atom. The van der Waals surface area contributed by atoms with E-state index in [-0.39, 0.29) is 19.0 Å². The summed E-state index contributed by atoms with van der Waals surface area (Å²) in [6.45, 7) is 4.30. The van der Waals surface area contributed by atoms with Crippen LogP contribution in [0.3, 0.4) is 0 Å². The second-order valence-electron chi connectivity index (χ2n) is 3.31. The lowest BCUT2D eigenvalue weighted by atomic mass is 10.2. The summed E-state index contributed by atoms with van der Waals surface area (Å²) in [5.74, 6) is 0.665. The molecule has 0 radical (unpaired) electrons. The highest BCUT2D eigenvalue weighted by molar-refractivity contribution is 5.18. The number of unbranched alkanes of at least 4 members (excludes halogenated alkanes) is 2. The van der Waals surface area contributed by atoms with E-state index in [9.17, 15) is 5.11 Å². The van der Waals surface area contributed by atoms with Gasteiger partial charge >= 0.3 is 0 Å². The van der Waals surface area contributed by atoms with Gasteiger partial charge in [-0.05, 0) is 25.0 Å². The average molecular weight is 214 g/mol. The second-order valence-corrected chi connectivity index (χ2v) is 3.31. The zero-order chi connectivity index (χ0) is 11.5. The van der Waals surface area contributed by atoms with Gasteiger partial charge in [0.2, 0.25) is 0 Å². The summed E-state index contributed by atoms with van der Waals surface area (Å²) < 4.78 is 5.25. The summed E-state index contributed by atoms with van der Waals surface area (Å²) >= 11 is 0. The Morgan fingerprint density at radius 1 is 1.13 bits per heavy atom. The molecule has 0 saturated carbocycles. The number of allylic oxidation sites excluding steroid dienone is 2. The normalized spacial score (nSPS) is 13.0. The third-order valence-electron chi connectivity index (χ3n) is 1.85. The fourth-order valence-corrected chi connectivity index (χ4v) is 1.05. The minimum atomic E-state index is -0.0372. The number of aliphatic hydroxyl groups excluding tert-OH is 2.